The summed E-state index contributed by atoms with van der Waals surface area (Å²) in [4.78, 5) is 25.6. The molecule has 0 radical (unpaired) electrons. The lowest BCUT2D eigenvalue weighted by Gasteiger charge is -2.24. The number of hydrogen-bond acceptors (Lipinski definition) is 4. The minimum Gasteiger partial charge on any atom is -0.497 e. The maximum Gasteiger partial charge on any atom is 0.252 e. The monoisotopic (exact) mass is 418 g/mol. The lowest BCUT2D eigenvalue weighted by molar-refractivity contribution is -0.124. The third-order valence-corrected chi connectivity index (χ3v) is 4.79. The van der Waals surface area contributed by atoms with E-state index in [2.05, 4.69) is 10.6 Å². The van der Waals surface area contributed by atoms with Gasteiger partial charge in [0.1, 0.15) is 17.5 Å². The number of rotatable bonds is 8. The van der Waals surface area contributed by atoms with Gasteiger partial charge >= 0.3 is 0 Å². The standard InChI is InChI=1S/C22H27ClN2O4/c1-13(2)20(22(27)24-14(3)15-7-6-8-17(23)9-15)25-21(26)16-10-18(28-4)12-19(11-16)29-5/h6-14,20H,1-5H3,(H,24,27)(H,25,26). The van der Waals surface area contributed by atoms with Crippen molar-refractivity contribution in [1.29, 1.82) is 0 Å². The highest BCUT2D eigenvalue weighted by molar-refractivity contribution is 6.30. The topological polar surface area (TPSA) is 76.7 Å². The Bertz CT molecular complexity index is 847. The zero-order valence-electron chi connectivity index (χ0n) is 17.3. The molecule has 2 aromatic carbocycles. The molecule has 6 nitrogen and oxygen atoms in total. The summed E-state index contributed by atoms with van der Waals surface area (Å²) in [5.41, 5.74) is 1.24. The molecule has 7 heteroatoms. The first-order chi connectivity index (χ1) is 13.7. The van der Waals surface area contributed by atoms with Crippen molar-refractivity contribution in [3.05, 3.63) is 58.6 Å². The van der Waals surface area contributed by atoms with Gasteiger partial charge < -0.3 is 20.1 Å². The van der Waals surface area contributed by atoms with Gasteiger partial charge in [0.05, 0.1) is 20.3 Å². The average Bonchev–Trinajstić information content (AvgIpc) is 2.70. The van der Waals surface area contributed by atoms with Gasteiger partial charge in [0.2, 0.25) is 5.91 Å². The molecule has 0 aromatic heterocycles. The highest BCUT2D eigenvalue weighted by Gasteiger charge is 2.26. The smallest absolute Gasteiger partial charge is 0.252 e. The number of nitrogens with one attached hydrogen (secondary N) is 2. The molecule has 0 saturated heterocycles. The van der Waals surface area contributed by atoms with Gasteiger partial charge in [-0.05, 0) is 42.7 Å². The molecule has 2 N–H and O–H groups in total. The first-order valence-corrected chi connectivity index (χ1v) is 9.72. The van der Waals surface area contributed by atoms with Gasteiger partial charge in [-0.2, -0.15) is 0 Å². The van der Waals surface area contributed by atoms with Crippen molar-refractivity contribution >= 4 is 23.4 Å². The van der Waals surface area contributed by atoms with Gasteiger partial charge in [0.15, 0.2) is 0 Å². The Morgan fingerprint density at radius 3 is 2.07 bits per heavy atom. The fourth-order valence-electron chi connectivity index (χ4n) is 2.86. The molecule has 0 saturated carbocycles. The molecular formula is C22H27ClN2O4. The van der Waals surface area contributed by atoms with Crippen LogP contribution in [0.2, 0.25) is 5.02 Å². The third kappa shape index (κ3) is 6.12. The molecule has 0 aliphatic heterocycles. The zero-order chi connectivity index (χ0) is 21.6. The Labute approximate surface area is 176 Å². The molecule has 0 aliphatic carbocycles. The summed E-state index contributed by atoms with van der Waals surface area (Å²) in [7, 11) is 3.02. The van der Waals surface area contributed by atoms with E-state index in [1.54, 1.807) is 30.3 Å². The summed E-state index contributed by atoms with van der Waals surface area (Å²) in [5.74, 6) is 0.226. The maximum absolute atomic E-state index is 12.9. The van der Waals surface area contributed by atoms with Crippen LogP contribution in [0.15, 0.2) is 42.5 Å². The molecule has 0 aliphatic rings. The van der Waals surface area contributed by atoms with Crippen molar-refractivity contribution in [2.45, 2.75) is 32.9 Å². The van der Waals surface area contributed by atoms with Crippen molar-refractivity contribution in [3.8, 4) is 11.5 Å². The average molecular weight is 419 g/mol. The number of ether oxygens (including phenoxy) is 2. The SMILES string of the molecule is COc1cc(OC)cc(C(=O)NC(C(=O)NC(C)c2cccc(Cl)c2)C(C)C)c1. The normalized spacial score (nSPS) is 12.8. The Balaban J connectivity index is 2.15. The molecular weight excluding hydrogens is 392 g/mol. The summed E-state index contributed by atoms with van der Waals surface area (Å²) in [5, 5.41) is 6.36. The van der Waals surface area contributed by atoms with E-state index in [1.165, 1.54) is 14.2 Å². The van der Waals surface area contributed by atoms with Crippen LogP contribution in [0.1, 0.15) is 42.7 Å². The maximum atomic E-state index is 12.9. The second-order valence-corrected chi connectivity index (χ2v) is 7.52. The summed E-state index contributed by atoms with van der Waals surface area (Å²) in [6, 6.07) is 11.2. The van der Waals surface area contributed by atoms with Gasteiger partial charge in [0, 0.05) is 16.7 Å². The summed E-state index contributed by atoms with van der Waals surface area (Å²) in [6.07, 6.45) is 0. The zero-order valence-corrected chi connectivity index (χ0v) is 18.0. The Hall–Kier alpha value is -2.73. The van der Waals surface area contributed by atoms with Crippen molar-refractivity contribution in [1.82, 2.24) is 10.6 Å². The second kappa shape index (κ2) is 10.2. The van der Waals surface area contributed by atoms with Gasteiger partial charge in [-0.1, -0.05) is 37.6 Å². The van der Waals surface area contributed by atoms with E-state index in [-0.39, 0.29) is 23.8 Å². The van der Waals surface area contributed by atoms with Crippen LogP contribution >= 0.6 is 11.6 Å². The lowest BCUT2D eigenvalue weighted by atomic mass is 10.0. The molecule has 0 bridgehead atoms. The van der Waals surface area contributed by atoms with Crippen molar-refractivity contribution in [2.75, 3.05) is 14.2 Å². The van der Waals surface area contributed by atoms with E-state index in [0.29, 0.717) is 22.1 Å². The molecule has 0 spiro atoms. The van der Waals surface area contributed by atoms with Gasteiger partial charge in [-0.15, -0.1) is 0 Å². The molecule has 2 rings (SSSR count). The van der Waals surface area contributed by atoms with Crippen molar-refractivity contribution < 1.29 is 19.1 Å². The van der Waals surface area contributed by atoms with Crippen molar-refractivity contribution in [3.63, 3.8) is 0 Å². The number of halogens is 1. The van der Waals surface area contributed by atoms with Crippen LogP contribution in [-0.4, -0.2) is 32.1 Å². The Kier molecular flexibility index (Phi) is 7.91. The molecule has 2 aromatic rings. The fourth-order valence-corrected chi connectivity index (χ4v) is 3.06. The highest BCUT2D eigenvalue weighted by Crippen LogP contribution is 2.23. The predicted octanol–water partition coefficient (Wildman–Crippen LogP) is 3.99. The van der Waals surface area contributed by atoms with Crippen LogP contribution < -0.4 is 20.1 Å². The minimum absolute atomic E-state index is 0.113. The number of carbonyl (C=O) groups is 2. The Morgan fingerprint density at radius 1 is 0.931 bits per heavy atom. The highest BCUT2D eigenvalue weighted by atomic mass is 35.5. The van der Waals surface area contributed by atoms with Gasteiger partial charge in [-0.25, -0.2) is 0 Å². The van der Waals surface area contributed by atoms with E-state index in [4.69, 9.17) is 21.1 Å². The van der Waals surface area contributed by atoms with E-state index in [0.717, 1.165) is 5.56 Å². The lowest BCUT2D eigenvalue weighted by Crippen LogP contribution is -2.50. The van der Waals surface area contributed by atoms with Crippen LogP contribution in [0.25, 0.3) is 0 Å². The second-order valence-electron chi connectivity index (χ2n) is 7.08. The summed E-state index contributed by atoms with van der Waals surface area (Å²) in [6.45, 7) is 5.62. The van der Waals surface area contributed by atoms with Crippen LogP contribution in [0.3, 0.4) is 0 Å². The molecule has 29 heavy (non-hydrogen) atoms. The van der Waals surface area contributed by atoms with Crippen molar-refractivity contribution in [2.24, 2.45) is 5.92 Å². The minimum atomic E-state index is -0.707. The number of methoxy groups -OCH3 is 2. The first kappa shape index (κ1) is 22.6. The molecule has 0 heterocycles. The van der Waals surface area contributed by atoms with E-state index < -0.39 is 6.04 Å². The Morgan fingerprint density at radius 2 is 1.55 bits per heavy atom. The number of hydrogen-bond donors (Lipinski definition) is 2. The van der Waals surface area contributed by atoms with Crippen LogP contribution in [0.4, 0.5) is 0 Å². The number of carbonyl (C=O) groups excluding carboxylic acids is 2. The first-order valence-electron chi connectivity index (χ1n) is 9.35. The van der Waals surface area contributed by atoms with Crippen LogP contribution in [0, 0.1) is 5.92 Å². The molecule has 2 atom stereocenters. The summed E-state index contributed by atoms with van der Waals surface area (Å²) < 4.78 is 10.4. The molecule has 0 fully saturated rings. The van der Waals surface area contributed by atoms with E-state index in [9.17, 15) is 9.59 Å². The van der Waals surface area contributed by atoms with Crippen LogP contribution in [0.5, 0.6) is 11.5 Å². The molecule has 2 amide bonds. The quantitative estimate of drug-likeness (QED) is 0.679. The fraction of sp³-hybridized carbons (Fsp3) is 0.364. The molecule has 156 valence electrons. The van der Waals surface area contributed by atoms with Gasteiger partial charge in [-0.3, -0.25) is 9.59 Å². The van der Waals surface area contributed by atoms with Crippen LogP contribution in [-0.2, 0) is 4.79 Å². The largest absolute Gasteiger partial charge is 0.497 e. The molecule has 2 unspecified atom stereocenters. The summed E-state index contributed by atoms with van der Waals surface area (Å²) >= 11 is 6.03. The predicted molar refractivity (Wildman–Crippen MR) is 114 cm³/mol. The van der Waals surface area contributed by atoms with E-state index >= 15 is 0 Å². The number of benzene rings is 2. The third-order valence-electron chi connectivity index (χ3n) is 4.56. The number of amides is 2. The van der Waals surface area contributed by atoms with Gasteiger partial charge in [0.25, 0.3) is 5.91 Å². The van der Waals surface area contributed by atoms with E-state index in [1.807, 2.05) is 32.9 Å².